The molecular formula is C24H23NO6. The van der Waals surface area contributed by atoms with Crippen LogP contribution >= 0.6 is 0 Å². The number of hydrogen-bond donors (Lipinski definition) is 0. The van der Waals surface area contributed by atoms with Crippen molar-refractivity contribution in [2.45, 2.75) is 20.0 Å². The maximum atomic E-state index is 12.8. The normalized spacial score (nSPS) is 14.7. The van der Waals surface area contributed by atoms with Gasteiger partial charge in [0, 0.05) is 22.6 Å². The molecule has 0 aliphatic carbocycles. The summed E-state index contributed by atoms with van der Waals surface area (Å²) in [5, 5.41) is 0. The standard InChI is InChI=1S/C24H23NO6/c1-15-12-19(16(2)25(15)17-8-10-18(28-3)11-9-17)20(26)13-30-24(27)23-14-29-21-6-4-5-7-22(21)31-23/h4-12,23H,13-14H2,1-3H3. The third-order valence-corrected chi connectivity index (χ3v) is 5.18. The predicted molar refractivity (Wildman–Crippen MR) is 113 cm³/mol. The molecule has 0 amide bonds. The van der Waals surface area contributed by atoms with Gasteiger partial charge in [-0.05, 0) is 56.3 Å². The molecule has 0 N–H and O–H groups in total. The molecule has 31 heavy (non-hydrogen) atoms. The maximum absolute atomic E-state index is 12.8. The van der Waals surface area contributed by atoms with Gasteiger partial charge in [0.15, 0.2) is 18.1 Å². The van der Waals surface area contributed by atoms with Crippen molar-refractivity contribution in [3.8, 4) is 22.9 Å². The van der Waals surface area contributed by atoms with Crippen molar-refractivity contribution in [2.75, 3.05) is 20.3 Å². The van der Waals surface area contributed by atoms with Crippen molar-refractivity contribution in [1.29, 1.82) is 0 Å². The largest absolute Gasteiger partial charge is 0.497 e. The molecule has 0 spiro atoms. The molecule has 1 unspecified atom stereocenters. The molecule has 7 nitrogen and oxygen atoms in total. The van der Waals surface area contributed by atoms with Crippen LogP contribution in [0.2, 0.25) is 0 Å². The van der Waals surface area contributed by atoms with Gasteiger partial charge in [0.05, 0.1) is 7.11 Å². The number of aryl methyl sites for hydroxylation is 1. The number of nitrogens with zero attached hydrogens (tertiary/aromatic N) is 1. The van der Waals surface area contributed by atoms with Gasteiger partial charge in [-0.25, -0.2) is 4.79 Å². The van der Waals surface area contributed by atoms with E-state index in [1.165, 1.54) is 0 Å². The summed E-state index contributed by atoms with van der Waals surface area (Å²) in [4.78, 5) is 25.2. The van der Waals surface area contributed by atoms with Crippen molar-refractivity contribution in [3.63, 3.8) is 0 Å². The summed E-state index contributed by atoms with van der Waals surface area (Å²) in [6, 6.07) is 16.5. The quantitative estimate of drug-likeness (QED) is 0.447. The van der Waals surface area contributed by atoms with Crippen molar-refractivity contribution in [3.05, 3.63) is 71.5 Å². The van der Waals surface area contributed by atoms with Crippen LogP contribution in [0.1, 0.15) is 21.7 Å². The van der Waals surface area contributed by atoms with Gasteiger partial charge < -0.3 is 23.5 Å². The Hall–Kier alpha value is -3.74. The fourth-order valence-corrected chi connectivity index (χ4v) is 3.62. The molecule has 0 fully saturated rings. The molecule has 0 radical (unpaired) electrons. The number of methoxy groups -OCH3 is 1. The lowest BCUT2D eigenvalue weighted by atomic mass is 10.1. The van der Waals surface area contributed by atoms with Gasteiger partial charge in [-0.2, -0.15) is 0 Å². The molecule has 2 aromatic carbocycles. The highest BCUT2D eigenvalue weighted by Gasteiger charge is 2.29. The van der Waals surface area contributed by atoms with E-state index in [-0.39, 0.29) is 19.0 Å². The molecule has 0 bridgehead atoms. The van der Waals surface area contributed by atoms with Gasteiger partial charge in [0.2, 0.25) is 11.9 Å². The van der Waals surface area contributed by atoms with E-state index in [2.05, 4.69) is 0 Å². The first-order valence-corrected chi connectivity index (χ1v) is 9.89. The Morgan fingerprint density at radius 1 is 1.06 bits per heavy atom. The van der Waals surface area contributed by atoms with Crippen LogP contribution in [0, 0.1) is 13.8 Å². The summed E-state index contributed by atoms with van der Waals surface area (Å²) in [5.41, 5.74) is 3.10. The number of ether oxygens (including phenoxy) is 4. The summed E-state index contributed by atoms with van der Waals surface area (Å²) in [6.07, 6.45) is -0.908. The van der Waals surface area contributed by atoms with E-state index in [0.717, 1.165) is 22.8 Å². The van der Waals surface area contributed by atoms with Crippen molar-refractivity contribution >= 4 is 11.8 Å². The van der Waals surface area contributed by atoms with Crippen molar-refractivity contribution < 1.29 is 28.5 Å². The van der Waals surface area contributed by atoms with Crippen molar-refractivity contribution in [2.24, 2.45) is 0 Å². The van der Waals surface area contributed by atoms with E-state index in [0.29, 0.717) is 17.1 Å². The first-order valence-electron chi connectivity index (χ1n) is 9.89. The molecule has 1 aliphatic heterocycles. The first-order chi connectivity index (χ1) is 15.0. The molecule has 0 saturated carbocycles. The molecule has 1 aromatic heterocycles. The summed E-state index contributed by atoms with van der Waals surface area (Å²) >= 11 is 0. The predicted octanol–water partition coefficient (Wildman–Crippen LogP) is 3.67. The Bertz CT molecular complexity index is 1120. The third-order valence-electron chi connectivity index (χ3n) is 5.18. The van der Waals surface area contributed by atoms with E-state index in [9.17, 15) is 9.59 Å². The Kier molecular flexibility index (Phi) is 5.66. The molecule has 3 aromatic rings. The van der Waals surface area contributed by atoms with Crippen LogP contribution in [0.3, 0.4) is 0 Å². The molecule has 160 valence electrons. The Labute approximate surface area is 180 Å². The summed E-state index contributed by atoms with van der Waals surface area (Å²) in [6.45, 7) is 3.45. The van der Waals surface area contributed by atoms with E-state index in [1.807, 2.05) is 48.7 Å². The van der Waals surface area contributed by atoms with Crippen LogP contribution in [0.15, 0.2) is 54.6 Å². The van der Waals surface area contributed by atoms with Crippen molar-refractivity contribution in [1.82, 2.24) is 4.57 Å². The number of Topliss-reactive ketones (excluding diaryl/α,β-unsaturated/α-hetero) is 1. The van der Waals surface area contributed by atoms with E-state index in [4.69, 9.17) is 18.9 Å². The average molecular weight is 421 g/mol. The molecule has 1 atom stereocenters. The zero-order chi connectivity index (χ0) is 22.0. The Morgan fingerprint density at radius 3 is 2.48 bits per heavy atom. The van der Waals surface area contributed by atoms with Crippen LogP contribution in [-0.2, 0) is 9.53 Å². The van der Waals surface area contributed by atoms with Crippen LogP contribution in [0.4, 0.5) is 0 Å². The number of para-hydroxylation sites is 2. The molecule has 2 heterocycles. The lowest BCUT2D eigenvalue weighted by Crippen LogP contribution is -2.38. The van der Waals surface area contributed by atoms with E-state index in [1.54, 1.807) is 31.4 Å². The highest BCUT2D eigenvalue weighted by atomic mass is 16.6. The monoisotopic (exact) mass is 421 g/mol. The topological polar surface area (TPSA) is 76.0 Å². The summed E-state index contributed by atoms with van der Waals surface area (Å²) in [5.74, 6) is 0.898. The number of esters is 1. The van der Waals surface area contributed by atoms with E-state index < -0.39 is 12.1 Å². The van der Waals surface area contributed by atoms with Gasteiger partial charge in [0.1, 0.15) is 12.4 Å². The zero-order valence-corrected chi connectivity index (χ0v) is 17.6. The van der Waals surface area contributed by atoms with Gasteiger partial charge in [-0.1, -0.05) is 12.1 Å². The lowest BCUT2D eigenvalue weighted by molar-refractivity contribution is -0.153. The molecule has 0 saturated heterocycles. The highest BCUT2D eigenvalue weighted by molar-refractivity contribution is 5.99. The minimum Gasteiger partial charge on any atom is -0.497 e. The second kappa shape index (κ2) is 8.55. The number of hydrogen-bond acceptors (Lipinski definition) is 6. The van der Waals surface area contributed by atoms with Crippen LogP contribution in [-0.4, -0.2) is 42.7 Å². The smallest absolute Gasteiger partial charge is 0.351 e. The maximum Gasteiger partial charge on any atom is 0.351 e. The second-order valence-electron chi connectivity index (χ2n) is 7.21. The summed E-state index contributed by atoms with van der Waals surface area (Å²) < 4.78 is 23.6. The number of ketones is 1. The minimum absolute atomic E-state index is 0.0377. The van der Waals surface area contributed by atoms with Gasteiger partial charge in [-0.3, -0.25) is 4.79 Å². The average Bonchev–Trinajstić information content (AvgIpc) is 3.10. The van der Waals surface area contributed by atoms with Crippen LogP contribution < -0.4 is 14.2 Å². The highest BCUT2D eigenvalue weighted by Crippen LogP contribution is 2.31. The number of rotatable bonds is 6. The Balaban J connectivity index is 1.43. The first kappa shape index (κ1) is 20.5. The second-order valence-corrected chi connectivity index (χ2v) is 7.21. The number of benzene rings is 2. The minimum atomic E-state index is -0.908. The van der Waals surface area contributed by atoms with Gasteiger partial charge >= 0.3 is 5.97 Å². The lowest BCUT2D eigenvalue weighted by Gasteiger charge is -2.24. The van der Waals surface area contributed by atoms with Gasteiger partial charge in [0.25, 0.3) is 0 Å². The van der Waals surface area contributed by atoms with Crippen LogP contribution in [0.25, 0.3) is 5.69 Å². The molecular weight excluding hydrogens is 398 g/mol. The summed E-state index contributed by atoms with van der Waals surface area (Å²) in [7, 11) is 1.61. The number of fused-ring (bicyclic) bond motifs is 1. The number of aromatic nitrogens is 1. The molecule has 7 heteroatoms. The fraction of sp³-hybridized carbons (Fsp3) is 0.250. The third kappa shape index (κ3) is 4.12. The molecule has 4 rings (SSSR count). The van der Waals surface area contributed by atoms with Crippen LogP contribution in [0.5, 0.6) is 17.2 Å². The van der Waals surface area contributed by atoms with Gasteiger partial charge in [-0.15, -0.1) is 0 Å². The molecule has 1 aliphatic rings. The fourth-order valence-electron chi connectivity index (χ4n) is 3.62. The Morgan fingerprint density at radius 2 is 1.77 bits per heavy atom. The SMILES string of the molecule is COc1ccc(-n2c(C)cc(C(=O)COC(=O)C3COc4ccccc4O3)c2C)cc1. The van der Waals surface area contributed by atoms with E-state index >= 15 is 0 Å². The number of carbonyl (C=O) groups excluding carboxylic acids is 2. The number of carbonyl (C=O) groups is 2. The zero-order valence-electron chi connectivity index (χ0n) is 17.6.